The van der Waals surface area contributed by atoms with Gasteiger partial charge in [0, 0.05) is 18.5 Å². The number of carbonyl (C=O) groups excluding carboxylic acids is 1. The third-order valence-electron chi connectivity index (χ3n) is 4.47. The molecule has 9 heteroatoms. The van der Waals surface area contributed by atoms with E-state index < -0.39 is 15.9 Å². The number of nitrogens with one attached hydrogen (secondary N) is 1. The van der Waals surface area contributed by atoms with Crippen LogP contribution in [0.4, 0.5) is 5.69 Å². The van der Waals surface area contributed by atoms with E-state index in [-0.39, 0.29) is 35.2 Å². The van der Waals surface area contributed by atoms with Gasteiger partial charge in [-0.05, 0) is 30.3 Å². The molecule has 0 bridgehead atoms. The smallest absolute Gasteiger partial charge is 0.291 e. The van der Waals surface area contributed by atoms with Crippen molar-refractivity contribution in [3.8, 4) is 5.75 Å². The lowest BCUT2D eigenvalue weighted by molar-refractivity contribution is 0.0730. The highest BCUT2D eigenvalue weighted by molar-refractivity contribution is 7.89. The highest BCUT2D eigenvalue weighted by Gasteiger charge is 2.27. The van der Waals surface area contributed by atoms with Crippen LogP contribution in [-0.2, 0) is 14.8 Å². The number of carbonyl (C=O) groups is 1. The molecule has 1 saturated heterocycles. The molecule has 0 aliphatic carbocycles. The first-order chi connectivity index (χ1) is 13.4. The fourth-order valence-corrected chi connectivity index (χ4v) is 4.42. The summed E-state index contributed by atoms with van der Waals surface area (Å²) in [6.07, 6.45) is 0. The maximum atomic E-state index is 12.8. The molecular formula is C19H18N2O6S. The number of ether oxygens (including phenoxy) is 1. The zero-order chi connectivity index (χ0) is 19.7. The summed E-state index contributed by atoms with van der Waals surface area (Å²) in [7, 11) is -3.75. The number of hydrogen-bond acceptors (Lipinski definition) is 6. The number of anilines is 1. The van der Waals surface area contributed by atoms with E-state index in [0.29, 0.717) is 18.8 Å². The summed E-state index contributed by atoms with van der Waals surface area (Å²) < 4.78 is 37.6. The van der Waals surface area contributed by atoms with Gasteiger partial charge >= 0.3 is 0 Å². The molecule has 0 spiro atoms. The molecule has 2 N–H and O–H groups in total. The predicted molar refractivity (Wildman–Crippen MR) is 102 cm³/mol. The Labute approximate surface area is 161 Å². The largest absolute Gasteiger partial charge is 0.506 e. The molecule has 1 fully saturated rings. The van der Waals surface area contributed by atoms with Gasteiger partial charge in [-0.3, -0.25) is 4.79 Å². The summed E-state index contributed by atoms with van der Waals surface area (Å²) in [5.74, 6) is -0.778. The quantitative estimate of drug-likeness (QED) is 0.649. The van der Waals surface area contributed by atoms with Crippen molar-refractivity contribution in [3.05, 3.63) is 54.3 Å². The summed E-state index contributed by atoms with van der Waals surface area (Å²) >= 11 is 0. The second-order valence-corrected chi connectivity index (χ2v) is 8.24. The Morgan fingerprint density at radius 3 is 2.57 bits per heavy atom. The van der Waals surface area contributed by atoms with Crippen molar-refractivity contribution in [2.45, 2.75) is 4.90 Å². The fraction of sp³-hybridized carbons (Fsp3) is 0.211. The van der Waals surface area contributed by atoms with E-state index >= 15 is 0 Å². The van der Waals surface area contributed by atoms with Crippen LogP contribution in [0.5, 0.6) is 5.75 Å². The zero-order valence-electron chi connectivity index (χ0n) is 14.8. The lowest BCUT2D eigenvalue weighted by Crippen LogP contribution is -2.40. The molecule has 1 aliphatic heterocycles. The van der Waals surface area contributed by atoms with Crippen LogP contribution in [-0.4, -0.2) is 50.0 Å². The Kier molecular flexibility index (Phi) is 4.80. The van der Waals surface area contributed by atoms with Crippen LogP contribution >= 0.6 is 0 Å². The number of phenolic OH excluding ortho intramolecular Hbond substituents is 1. The van der Waals surface area contributed by atoms with Crippen LogP contribution in [0.15, 0.2) is 57.8 Å². The third kappa shape index (κ3) is 3.47. The van der Waals surface area contributed by atoms with Crippen LogP contribution in [0.2, 0.25) is 0 Å². The Hall–Kier alpha value is -2.88. The van der Waals surface area contributed by atoms with Gasteiger partial charge in [0.05, 0.1) is 23.8 Å². The third-order valence-corrected chi connectivity index (χ3v) is 6.37. The molecule has 1 aliphatic rings. The van der Waals surface area contributed by atoms with E-state index in [1.54, 1.807) is 18.2 Å². The number of nitrogens with zero attached hydrogens (tertiary/aromatic N) is 1. The molecule has 1 aromatic heterocycles. The highest BCUT2D eigenvalue weighted by Crippen LogP contribution is 2.29. The Morgan fingerprint density at radius 2 is 1.82 bits per heavy atom. The van der Waals surface area contributed by atoms with E-state index in [4.69, 9.17) is 9.15 Å². The molecule has 1 amide bonds. The van der Waals surface area contributed by atoms with Gasteiger partial charge in [0.1, 0.15) is 11.3 Å². The Morgan fingerprint density at radius 1 is 1.07 bits per heavy atom. The molecule has 0 radical (unpaired) electrons. The molecule has 0 atom stereocenters. The van der Waals surface area contributed by atoms with Crippen LogP contribution in [0, 0.1) is 0 Å². The first-order valence-electron chi connectivity index (χ1n) is 8.66. The summed E-state index contributed by atoms with van der Waals surface area (Å²) in [6, 6.07) is 12.5. The van der Waals surface area contributed by atoms with Gasteiger partial charge < -0.3 is 19.6 Å². The van der Waals surface area contributed by atoms with Crippen molar-refractivity contribution in [2.75, 3.05) is 31.6 Å². The molecule has 146 valence electrons. The van der Waals surface area contributed by atoms with Gasteiger partial charge in [-0.2, -0.15) is 4.31 Å². The Bertz CT molecular complexity index is 1100. The van der Waals surface area contributed by atoms with E-state index in [1.807, 2.05) is 12.1 Å². The topological polar surface area (TPSA) is 109 Å². The lowest BCUT2D eigenvalue weighted by atomic mass is 10.2. The van der Waals surface area contributed by atoms with Gasteiger partial charge in [0.2, 0.25) is 10.0 Å². The van der Waals surface area contributed by atoms with Crippen molar-refractivity contribution in [1.82, 2.24) is 4.31 Å². The number of morpholine rings is 1. The number of benzene rings is 2. The van der Waals surface area contributed by atoms with Crippen molar-refractivity contribution < 1.29 is 27.5 Å². The molecule has 28 heavy (non-hydrogen) atoms. The fourth-order valence-electron chi connectivity index (χ4n) is 2.99. The van der Waals surface area contributed by atoms with Gasteiger partial charge in [0.25, 0.3) is 5.91 Å². The van der Waals surface area contributed by atoms with Crippen molar-refractivity contribution in [3.63, 3.8) is 0 Å². The first-order valence-corrected chi connectivity index (χ1v) is 10.1. The maximum absolute atomic E-state index is 12.8. The standard InChI is InChI=1S/C19H18N2O6S/c22-16-6-5-14(28(24,25)21-7-9-26-10-8-21)12-15(16)20-19(23)18-11-13-3-1-2-4-17(13)27-18/h1-6,11-12,22H,7-10H2,(H,20,23). The number of para-hydroxylation sites is 1. The minimum absolute atomic E-state index is 0.0141. The molecule has 2 heterocycles. The van der Waals surface area contributed by atoms with Crippen LogP contribution < -0.4 is 5.32 Å². The number of hydrogen-bond donors (Lipinski definition) is 2. The molecule has 8 nitrogen and oxygen atoms in total. The minimum Gasteiger partial charge on any atom is -0.506 e. The van der Waals surface area contributed by atoms with E-state index in [0.717, 1.165) is 5.39 Å². The minimum atomic E-state index is -3.75. The summed E-state index contributed by atoms with van der Waals surface area (Å²) in [5.41, 5.74) is 0.542. The number of furan rings is 1. The number of aromatic hydroxyl groups is 1. The SMILES string of the molecule is O=C(Nc1cc(S(=O)(=O)N2CCOCC2)ccc1O)c1cc2ccccc2o1. The van der Waals surface area contributed by atoms with Crippen LogP contribution in [0.3, 0.4) is 0 Å². The van der Waals surface area contributed by atoms with Crippen LogP contribution in [0.25, 0.3) is 11.0 Å². The van der Waals surface area contributed by atoms with Gasteiger partial charge in [0.15, 0.2) is 5.76 Å². The van der Waals surface area contributed by atoms with Crippen molar-refractivity contribution in [1.29, 1.82) is 0 Å². The predicted octanol–water partition coefficient (Wildman–Crippen LogP) is 2.41. The van der Waals surface area contributed by atoms with Crippen LogP contribution in [0.1, 0.15) is 10.6 Å². The molecule has 0 unspecified atom stereocenters. The summed E-state index contributed by atoms with van der Waals surface area (Å²) in [5, 5.41) is 13.3. The maximum Gasteiger partial charge on any atom is 0.291 e. The number of amides is 1. The van der Waals surface area contributed by atoms with Gasteiger partial charge in [-0.1, -0.05) is 18.2 Å². The number of phenols is 1. The second-order valence-electron chi connectivity index (χ2n) is 6.30. The Balaban J connectivity index is 1.61. The molecule has 4 rings (SSSR count). The molecule has 2 aromatic carbocycles. The first kappa shape index (κ1) is 18.5. The summed E-state index contributed by atoms with van der Waals surface area (Å²) in [4.78, 5) is 12.5. The number of rotatable bonds is 4. The monoisotopic (exact) mass is 402 g/mol. The average molecular weight is 402 g/mol. The van der Waals surface area contributed by atoms with E-state index in [2.05, 4.69) is 5.32 Å². The number of fused-ring (bicyclic) bond motifs is 1. The van der Waals surface area contributed by atoms with Crippen molar-refractivity contribution >= 4 is 32.6 Å². The van der Waals surface area contributed by atoms with Gasteiger partial charge in [-0.25, -0.2) is 8.42 Å². The second kappa shape index (κ2) is 7.27. The average Bonchev–Trinajstić information content (AvgIpc) is 3.14. The van der Waals surface area contributed by atoms with E-state index in [9.17, 15) is 18.3 Å². The zero-order valence-corrected chi connectivity index (χ0v) is 15.6. The number of sulfonamides is 1. The molecule has 3 aromatic rings. The molecule has 0 saturated carbocycles. The van der Waals surface area contributed by atoms with E-state index in [1.165, 1.54) is 22.5 Å². The van der Waals surface area contributed by atoms with Gasteiger partial charge in [-0.15, -0.1) is 0 Å². The lowest BCUT2D eigenvalue weighted by Gasteiger charge is -2.26. The molecular weight excluding hydrogens is 384 g/mol. The summed E-state index contributed by atoms with van der Waals surface area (Å²) in [6.45, 7) is 1.16. The normalized spacial score (nSPS) is 15.6. The highest BCUT2D eigenvalue weighted by atomic mass is 32.2. The van der Waals surface area contributed by atoms with Crippen molar-refractivity contribution in [2.24, 2.45) is 0 Å².